The summed E-state index contributed by atoms with van der Waals surface area (Å²) in [5, 5.41) is 3.43. The highest BCUT2D eigenvalue weighted by Gasteiger charge is 2.18. The predicted octanol–water partition coefficient (Wildman–Crippen LogP) is 1.63. The second-order valence-corrected chi connectivity index (χ2v) is 4.74. The van der Waals surface area contributed by atoms with E-state index in [0.717, 1.165) is 18.8 Å². The molecule has 1 saturated heterocycles. The van der Waals surface area contributed by atoms with Crippen LogP contribution in [0.2, 0.25) is 0 Å². The number of aromatic amines is 1. The van der Waals surface area contributed by atoms with Crippen molar-refractivity contribution in [1.82, 2.24) is 14.9 Å². The monoisotopic (exact) mass is 243 g/mol. The maximum Gasteiger partial charge on any atom is 0.330 e. The molecule has 1 aromatic carbocycles. The highest BCUT2D eigenvalue weighted by Crippen LogP contribution is 2.27. The average Bonchev–Trinajstić information content (AvgIpc) is 2.86. The summed E-state index contributed by atoms with van der Waals surface area (Å²) in [7, 11) is 0. The van der Waals surface area contributed by atoms with Crippen LogP contribution in [-0.4, -0.2) is 22.6 Å². The summed E-state index contributed by atoms with van der Waals surface area (Å²) in [4.78, 5) is 14.4. The number of piperidine rings is 1. The molecule has 4 heteroatoms. The lowest BCUT2D eigenvalue weighted by atomic mass is 9.90. The van der Waals surface area contributed by atoms with E-state index in [2.05, 4.69) is 16.4 Å². The minimum absolute atomic E-state index is 0.0776. The molecule has 94 valence electrons. The Morgan fingerprint density at radius 3 is 2.89 bits per heavy atom. The molecule has 1 aliphatic rings. The highest BCUT2D eigenvalue weighted by molar-refractivity contribution is 5.43. The normalized spacial score (nSPS) is 19.9. The first kappa shape index (κ1) is 11.3. The molecule has 0 amide bonds. The van der Waals surface area contributed by atoms with Crippen LogP contribution in [0.5, 0.6) is 0 Å². The molecule has 2 N–H and O–H groups in total. The smallest absolute Gasteiger partial charge is 0.316 e. The maximum absolute atomic E-state index is 11.7. The van der Waals surface area contributed by atoms with E-state index in [1.807, 2.05) is 18.2 Å². The van der Waals surface area contributed by atoms with Crippen LogP contribution in [0.3, 0.4) is 0 Å². The molecule has 0 radical (unpaired) electrons. The Morgan fingerprint density at radius 2 is 2.17 bits per heavy atom. The Bertz CT molecular complexity index is 578. The first-order valence-electron chi connectivity index (χ1n) is 6.42. The van der Waals surface area contributed by atoms with Gasteiger partial charge in [0.05, 0.1) is 5.69 Å². The van der Waals surface area contributed by atoms with Crippen molar-refractivity contribution in [2.24, 2.45) is 0 Å². The van der Waals surface area contributed by atoms with E-state index in [4.69, 9.17) is 0 Å². The van der Waals surface area contributed by atoms with E-state index < -0.39 is 0 Å². The number of H-pyrrole nitrogens is 1. The fourth-order valence-corrected chi connectivity index (χ4v) is 2.68. The van der Waals surface area contributed by atoms with Crippen molar-refractivity contribution in [1.29, 1.82) is 0 Å². The van der Waals surface area contributed by atoms with Crippen LogP contribution in [0.1, 0.15) is 24.3 Å². The molecule has 0 spiro atoms. The molecule has 0 bridgehead atoms. The van der Waals surface area contributed by atoms with Gasteiger partial charge in [0.2, 0.25) is 0 Å². The summed E-state index contributed by atoms with van der Waals surface area (Å²) in [5.74, 6) is 0.497. The van der Waals surface area contributed by atoms with Crippen LogP contribution in [-0.2, 0) is 0 Å². The summed E-state index contributed by atoms with van der Waals surface area (Å²) in [5.41, 5.74) is 2.18. The number of benzene rings is 1. The van der Waals surface area contributed by atoms with Crippen molar-refractivity contribution in [2.75, 3.05) is 13.1 Å². The van der Waals surface area contributed by atoms with Crippen LogP contribution in [0.15, 0.2) is 41.5 Å². The zero-order valence-electron chi connectivity index (χ0n) is 10.2. The second-order valence-electron chi connectivity index (χ2n) is 4.74. The Kier molecular flexibility index (Phi) is 3.02. The Morgan fingerprint density at radius 1 is 1.28 bits per heavy atom. The van der Waals surface area contributed by atoms with Gasteiger partial charge in [-0.15, -0.1) is 0 Å². The summed E-state index contributed by atoms with van der Waals surface area (Å²) >= 11 is 0. The molecule has 18 heavy (non-hydrogen) atoms. The van der Waals surface area contributed by atoms with Crippen LogP contribution < -0.4 is 11.0 Å². The topological polar surface area (TPSA) is 49.8 Å². The van der Waals surface area contributed by atoms with Crippen LogP contribution in [0, 0.1) is 0 Å². The minimum Gasteiger partial charge on any atom is -0.316 e. The van der Waals surface area contributed by atoms with Crippen LogP contribution in [0.4, 0.5) is 0 Å². The summed E-state index contributed by atoms with van der Waals surface area (Å²) in [6, 6.07) is 8.17. The van der Waals surface area contributed by atoms with Gasteiger partial charge in [-0.25, -0.2) is 4.79 Å². The van der Waals surface area contributed by atoms with E-state index in [1.54, 1.807) is 17.0 Å². The molecule has 0 aliphatic carbocycles. The quantitative estimate of drug-likeness (QED) is 0.842. The molecule has 1 atom stereocenters. The predicted molar refractivity (Wildman–Crippen MR) is 71.2 cm³/mol. The van der Waals surface area contributed by atoms with Crippen molar-refractivity contribution in [3.05, 3.63) is 52.7 Å². The number of hydrogen-bond acceptors (Lipinski definition) is 2. The molecule has 4 nitrogen and oxygen atoms in total. The molecule has 1 aromatic heterocycles. The SMILES string of the molecule is O=c1[nH]ccn1-c1ccccc1C1CCCNC1. The van der Waals surface area contributed by atoms with Gasteiger partial charge in [-0.3, -0.25) is 4.57 Å². The first-order chi connectivity index (χ1) is 8.86. The number of hydrogen-bond donors (Lipinski definition) is 2. The Balaban J connectivity index is 2.05. The third-order valence-electron chi connectivity index (χ3n) is 3.58. The van der Waals surface area contributed by atoms with Crippen molar-refractivity contribution < 1.29 is 0 Å². The summed E-state index contributed by atoms with van der Waals surface area (Å²) in [6.45, 7) is 2.10. The lowest BCUT2D eigenvalue weighted by Crippen LogP contribution is -2.29. The molecule has 1 unspecified atom stereocenters. The number of nitrogens with zero attached hydrogens (tertiary/aromatic N) is 1. The lowest BCUT2D eigenvalue weighted by Gasteiger charge is -2.25. The minimum atomic E-state index is -0.0776. The molecule has 1 fully saturated rings. The number of aromatic nitrogens is 2. The molecule has 2 aromatic rings. The number of rotatable bonds is 2. The zero-order chi connectivity index (χ0) is 12.4. The average molecular weight is 243 g/mol. The van der Waals surface area contributed by atoms with Gasteiger partial charge in [0, 0.05) is 18.9 Å². The lowest BCUT2D eigenvalue weighted by molar-refractivity contribution is 0.460. The van der Waals surface area contributed by atoms with Gasteiger partial charge in [0.25, 0.3) is 0 Å². The van der Waals surface area contributed by atoms with Gasteiger partial charge < -0.3 is 10.3 Å². The van der Waals surface area contributed by atoms with E-state index in [9.17, 15) is 4.79 Å². The van der Waals surface area contributed by atoms with Crippen molar-refractivity contribution in [3.63, 3.8) is 0 Å². The second kappa shape index (κ2) is 4.82. The molecule has 3 rings (SSSR count). The fourth-order valence-electron chi connectivity index (χ4n) is 2.68. The van der Waals surface area contributed by atoms with Crippen molar-refractivity contribution in [2.45, 2.75) is 18.8 Å². The number of imidazole rings is 1. The van der Waals surface area contributed by atoms with Gasteiger partial charge >= 0.3 is 5.69 Å². The standard InChI is InChI=1S/C14H17N3O/c18-14-16-8-9-17(14)13-6-2-1-5-12(13)11-4-3-7-15-10-11/h1-2,5-6,8-9,11,15H,3-4,7,10H2,(H,16,18). The Hall–Kier alpha value is -1.81. The molecular formula is C14H17N3O. The molecule has 2 heterocycles. The number of nitrogens with one attached hydrogen (secondary N) is 2. The van der Waals surface area contributed by atoms with Gasteiger partial charge in [-0.05, 0) is 36.9 Å². The fraction of sp³-hybridized carbons (Fsp3) is 0.357. The van der Waals surface area contributed by atoms with Crippen LogP contribution in [0.25, 0.3) is 5.69 Å². The third kappa shape index (κ3) is 1.99. The number of para-hydroxylation sites is 1. The van der Waals surface area contributed by atoms with Gasteiger partial charge in [-0.1, -0.05) is 18.2 Å². The van der Waals surface area contributed by atoms with E-state index in [1.165, 1.54) is 18.4 Å². The van der Waals surface area contributed by atoms with Crippen molar-refractivity contribution in [3.8, 4) is 5.69 Å². The van der Waals surface area contributed by atoms with Crippen molar-refractivity contribution >= 4 is 0 Å². The van der Waals surface area contributed by atoms with E-state index in [0.29, 0.717) is 5.92 Å². The highest BCUT2D eigenvalue weighted by atomic mass is 16.1. The summed E-state index contributed by atoms with van der Waals surface area (Å²) < 4.78 is 1.68. The maximum atomic E-state index is 11.7. The first-order valence-corrected chi connectivity index (χ1v) is 6.42. The van der Waals surface area contributed by atoms with Crippen LogP contribution >= 0.6 is 0 Å². The molecular weight excluding hydrogens is 226 g/mol. The molecule has 1 aliphatic heterocycles. The van der Waals surface area contributed by atoms with E-state index in [-0.39, 0.29) is 5.69 Å². The molecule has 0 saturated carbocycles. The summed E-state index contributed by atoms with van der Waals surface area (Å²) in [6.07, 6.45) is 5.85. The van der Waals surface area contributed by atoms with Gasteiger partial charge in [0.1, 0.15) is 0 Å². The zero-order valence-corrected chi connectivity index (χ0v) is 10.2. The van der Waals surface area contributed by atoms with E-state index >= 15 is 0 Å². The third-order valence-corrected chi connectivity index (χ3v) is 3.58. The van der Waals surface area contributed by atoms with Gasteiger partial charge in [-0.2, -0.15) is 0 Å². The van der Waals surface area contributed by atoms with Gasteiger partial charge in [0.15, 0.2) is 0 Å². The largest absolute Gasteiger partial charge is 0.330 e. The Labute approximate surface area is 106 Å².